The molecule has 0 bridgehead atoms. The van der Waals surface area contributed by atoms with E-state index in [0.29, 0.717) is 11.1 Å². The number of benzene rings is 2. The van der Waals surface area contributed by atoms with Crippen LogP contribution in [0.2, 0.25) is 0 Å². The number of piperazine rings is 1. The fraction of sp³-hybridized carbons (Fsp3) is 0.409. The van der Waals surface area contributed by atoms with Crippen molar-refractivity contribution in [3.05, 3.63) is 65.0 Å². The zero-order valence-electron chi connectivity index (χ0n) is 17.6. The van der Waals surface area contributed by atoms with Crippen LogP contribution in [0.1, 0.15) is 34.5 Å². The Balaban J connectivity index is 1.74. The maximum atomic E-state index is 14.0. The second-order valence-electron chi connectivity index (χ2n) is 7.96. The first-order valence-corrected chi connectivity index (χ1v) is 12.0. The Labute approximate surface area is 177 Å². The van der Waals surface area contributed by atoms with Gasteiger partial charge in [-0.1, -0.05) is 12.1 Å². The summed E-state index contributed by atoms with van der Waals surface area (Å²) in [4.78, 5) is 17.2. The van der Waals surface area contributed by atoms with Crippen molar-refractivity contribution in [3.8, 4) is 0 Å². The van der Waals surface area contributed by atoms with Gasteiger partial charge in [-0.05, 0) is 49.9 Å². The summed E-state index contributed by atoms with van der Waals surface area (Å²) in [5, 5.41) is 2.93. The summed E-state index contributed by atoms with van der Waals surface area (Å²) in [5.74, 6) is -0.695. The van der Waals surface area contributed by atoms with Gasteiger partial charge in [0.2, 0.25) is 0 Å². The van der Waals surface area contributed by atoms with E-state index in [1.165, 1.54) is 18.4 Å². The van der Waals surface area contributed by atoms with Crippen LogP contribution in [0.3, 0.4) is 0 Å². The Morgan fingerprint density at radius 1 is 1.10 bits per heavy atom. The molecule has 30 heavy (non-hydrogen) atoms. The Morgan fingerprint density at radius 2 is 1.73 bits per heavy atom. The van der Waals surface area contributed by atoms with E-state index < -0.39 is 15.9 Å². The van der Waals surface area contributed by atoms with Gasteiger partial charge in [0.1, 0.15) is 5.82 Å². The quantitative estimate of drug-likeness (QED) is 0.759. The highest BCUT2D eigenvalue weighted by Gasteiger charge is 2.21. The number of sulfone groups is 1. The average Bonchev–Trinajstić information content (AvgIpc) is 2.68. The molecule has 1 N–H and O–H groups in total. The molecule has 1 saturated heterocycles. The van der Waals surface area contributed by atoms with Crippen LogP contribution in [-0.4, -0.2) is 58.7 Å². The van der Waals surface area contributed by atoms with Crippen molar-refractivity contribution in [2.45, 2.75) is 18.7 Å². The third-order valence-electron chi connectivity index (χ3n) is 5.29. The van der Waals surface area contributed by atoms with Gasteiger partial charge in [-0.25, -0.2) is 12.8 Å². The second-order valence-corrected chi connectivity index (χ2v) is 10.1. The highest BCUT2D eigenvalue weighted by molar-refractivity contribution is 7.89. The van der Waals surface area contributed by atoms with E-state index >= 15 is 0 Å². The summed E-state index contributed by atoms with van der Waals surface area (Å²) in [6.07, 6.45) is 1.17. The number of amides is 1. The smallest absolute Gasteiger partial charge is 0.251 e. The third-order valence-corrected chi connectivity index (χ3v) is 6.15. The first-order chi connectivity index (χ1) is 14.1. The first kappa shape index (κ1) is 22.2. The number of hydrogen-bond donors (Lipinski definition) is 1. The zero-order chi connectivity index (χ0) is 21.9. The molecule has 1 unspecified atom stereocenters. The summed E-state index contributed by atoms with van der Waals surface area (Å²) in [6.45, 7) is 5.38. The van der Waals surface area contributed by atoms with E-state index in [-0.39, 0.29) is 17.5 Å². The summed E-state index contributed by atoms with van der Waals surface area (Å²) < 4.78 is 36.8. The van der Waals surface area contributed by atoms with Gasteiger partial charge >= 0.3 is 0 Å². The lowest BCUT2D eigenvalue weighted by molar-refractivity contribution is 0.0940. The number of likely N-dealkylation sites (N-methyl/N-ethyl adjacent to an activating group) is 1. The van der Waals surface area contributed by atoms with Gasteiger partial charge in [-0.3, -0.25) is 4.79 Å². The molecular formula is C22H28FN3O3S. The minimum Gasteiger partial charge on any atom is -0.369 e. The lowest BCUT2D eigenvalue weighted by Gasteiger charge is -2.36. The molecule has 1 heterocycles. The molecule has 1 amide bonds. The standard InChI is InChI=1S/C22H28FN3O3S/c1-16(24-22(27)18-6-4-17(5-7-18)15-30(3,28)29)20-14-19(23)8-9-21(20)26-12-10-25(2)11-13-26/h4-9,14,16H,10-13,15H2,1-3H3,(H,24,27). The summed E-state index contributed by atoms with van der Waals surface area (Å²) in [6, 6.07) is 10.8. The molecule has 2 aromatic carbocycles. The van der Waals surface area contributed by atoms with Gasteiger partial charge in [0.25, 0.3) is 5.91 Å². The minimum atomic E-state index is -3.13. The summed E-state index contributed by atoms with van der Waals surface area (Å²) in [5.41, 5.74) is 2.73. The Kier molecular flexibility index (Phi) is 6.77. The molecule has 0 radical (unpaired) electrons. The van der Waals surface area contributed by atoms with Crippen LogP contribution < -0.4 is 10.2 Å². The first-order valence-electron chi connectivity index (χ1n) is 9.93. The van der Waals surface area contributed by atoms with Gasteiger partial charge in [-0.2, -0.15) is 0 Å². The maximum Gasteiger partial charge on any atom is 0.251 e. The summed E-state index contributed by atoms with van der Waals surface area (Å²) >= 11 is 0. The number of nitrogens with zero attached hydrogens (tertiary/aromatic N) is 2. The monoisotopic (exact) mass is 433 g/mol. The predicted molar refractivity (Wildman–Crippen MR) is 117 cm³/mol. The van der Waals surface area contributed by atoms with Gasteiger partial charge in [-0.15, -0.1) is 0 Å². The highest BCUT2D eigenvalue weighted by atomic mass is 32.2. The Morgan fingerprint density at radius 3 is 2.33 bits per heavy atom. The van der Waals surface area contributed by atoms with E-state index in [1.807, 2.05) is 6.92 Å². The molecule has 0 spiro atoms. The van der Waals surface area contributed by atoms with Crippen molar-refractivity contribution in [2.75, 3.05) is 44.4 Å². The predicted octanol–water partition coefficient (Wildman–Crippen LogP) is 2.61. The Hall–Kier alpha value is -2.45. The molecule has 162 valence electrons. The van der Waals surface area contributed by atoms with E-state index in [1.54, 1.807) is 30.3 Å². The van der Waals surface area contributed by atoms with Crippen LogP contribution in [0.4, 0.5) is 10.1 Å². The van der Waals surface area contributed by atoms with Gasteiger partial charge in [0.05, 0.1) is 11.8 Å². The second kappa shape index (κ2) is 9.14. The molecule has 0 aliphatic carbocycles. The summed E-state index contributed by atoms with van der Waals surface area (Å²) in [7, 11) is -1.06. The van der Waals surface area contributed by atoms with Crippen LogP contribution in [0.25, 0.3) is 0 Å². The third kappa shape index (κ3) is 5.79. The Bertz CT molecular complexity index is 1000. The molecule has 1 aliphatic rings. The average molecular weight is 434 g/mol. The lowest BCUT2D eigenvalue weighted by Crippen LogP contribution is -2.45. The van der Waals surface area contributed by atoms with E-state index in [2.05, 4.69) is 22.2 Å². The lowest BCUT2D eigenvalue weighted by atomic mass is 10.0. The van der Waals surface area contributed by atoms with E-state index in [0.717, 1.165) is 37.4 Å². The van der Waals surface area contributed by atoms with Crippen LogP contribution >= 0.6 is 0 Å². The molecule has 0 aromatic heterocycles. The van der Waals surface area contributed by atoms with Crippen LogP contribution in [0.5, 0.6) is 0 Å². The largest absolute Gasteiger partial charge is 0.369 e. The van der Waals surface area contributed by atoms with Gasteiger partial charge < -0.3 is 15.1 Å². The number of rotatable bonds is 6. The zero-order valence-corrected chi connectivity index (χ0v) is 18.4. The highest BCUT2D eigenvalue weighted by Crippen LogP contribution is 2.28. The van der Waals surface area contributed by atoms with Crippen molar-refractivity contribution in [3.63, 3.8) is 0 Å². The van der Waals surface area contributed by atoms with Gasteiger partial charge in [0, 0.05) is 49.2 Å². The van der Waals surface area contributed by atoms with Crippen molar-refractivity contribution < 1.29 is 17.6 Å². The van der Waals surface area contributed by atoms with Crippen molar-refractivity contribution in [1.82, 2.24) is 10.2 Å². The number of anilines is 1. The van der Waals surface area contributed by atoms with Gasteiger partial charge in [0.15, 0.2) is 9.84 Å². The fourth-order valence-corrected chi connectivity index (χ4v) is 4.42. The number of halogens is 1. The number of carbonyl (C=O) groups is 1. The molecule has 0 saturated carbocycles. The molecule has 1 aliphatic heterocycles. The molecule has 2 aromatic rings. The molecule has 8 heteroatoms. The van der Waals surface area contributed by atoms with Crippen LogP contribution in [0.15, 0.2) is 42.5 Å². The molecule has 1 atom stereocenters. The topological polar surface area (TPSA) is 69.7 Å². The molecular weight excluding hydrogens is 405 g/mol. The maximum absolute atomic E-state index is 14.0. The number of nitrogens with one attached hydrogen (secondary N) is 1. The number of carbonyl (C=O) groups excluding carboxylic acids is 1. The normalized spacial score (nSPS) is 16.3. The molecule has 6 nitrogen and oxygen atoms in total. The SMILES string of the molecule is CC(NC(=O)c1ccc(CS(C)(=O)=O)cc1)c1cc(F)ccc1N1CCN(C)CC1. The fourth-order valence-electron chi connectivity index (χ4n) is 3.62. The van der Waals surface area contributed by atoms with Crippen molar-refractivity contribution in [1.29, 1.82) is 0 Å². The van der Waals surface area contributed by atoms with Crippen molar-refractivity contribution in [2.24, 2.45) is 0 Å². The van der Waals surface area contributed by atoms with E-state index in [9.17, 15) is 17.6 Å². The van der Waals surface area contributed by atoms with Crippen LogP contribution in [0, 0.1) is 5.82 Å². The van der Waals surface area contributed by atoms with E-state index in [4.69, 9.17) is 0 Å². The van der Waals surface area contributed by atoms with Crippen molar-refractivity contribution >= 4 is 21.4 Å². The minimum absolute atomic E-state index is 0.0665. The number of hydrogen-bond acceptors (Lipinski definition) is 5. The molecule has 3 rings (SSSR count). The molecule has 1 fully saturated rings. The van der Waals surface area contributed by atoms with Crippen LogP contribution in [-0.2, 0) is 15.6 Å².